The topological polar surface area (TPSA) is 84.5 Å². The molecule has 0 saturated carbocycles. The van der Waals surface area contributed by atoms with E-state index in [4.69, 9.17) is 16.3 Å². The number of ether oxygens (including phenoxy) is 1. The normalized spacial score (nSPS) is 12.2. The predicted octanol–water partition coefficient (Wildman–Crippen LogP) is 4.60. The van der Waals surface area contributed by atoms with Crippen molar-refractivity contribution >= 4 is 45.0 Å². The first-order valence-electron chi connectivity index (χ1n) is 9.67. The van der Waals surface area contributed by atoms with Crippen molar-refractivity contribution in [1.82, 2.24) is 4.72 Å². The molecule has 0 aromatic heterocycles. The number of methoxy groups -OCH3 is 1. The molecule has 3 aromatic rings. The average Bonchev–Trinajstić information content (AvgIpc) is 2.79. The van der Waals surface area contributed by atoms with Crippen LogP contribution < -0.4 is 14.8 Å². The van der Waals surface area contributed by atoms with Crippen LogP contribution >= 0.6 is 23.4 Å². The van der Waals surface area contributed by atoms with Crippen molar-refractivity contribution in [2.45, 2.75) is 22.3 Å². The van der Waals surface area contributed by atoms with E-state index in [-0.39, 0.29) is 16.3 Å². The van der Waals surface area contributed by atoms with Gasteiger partial charge < -0.3 is 10.1 Å². The van der Waals surface area contributed by atoms with Gasteiger partial charge in [-0.05, 0) is 54.6 Å². The first-order valence-corrected chi connectivity index (χ1v) is 12.8. The zero-order valence-corrected chi connectivity index (χ0v) is 19.9. The van der Waals surface area contributed by atoms with Gasteiger partial charge in [-0.3, -0.25) is 4.79 Å². The van der Waals surface area contributed by atoms with Crippen molar-refractivity contribution in [2.75, 3.05) is 18.7 Å². The maximum atomic E-state index is 13.1. The fraction of sp³-hybridized carbons (Fsp3) is 0.174. The summed E-state index contributed by atoms with van der Waals surface area (Å²) in [4.78, 5) is 14.0. The highest BCUT2D eigenvalue weighted by molar-refractivity contribution is 7.98. The summed E-state index contributed by atoms with van der Waals surface area (Å²) in [6.45, 7) is 0. The van der Waals surface area contributed by atoms with Crippen LogP contribution in [0.1, 0.15) is 5.56 Å². The Morgan fingerprint density at radius 1 is 1.06 bits per heavy atom. The summed E-state index contributed by atoms with van der Waals surface area (Å²) in [5.41, 5.74) is 1.41. The second kappa shape index (κ2) is 10.9. The molecule has 0 heterocycles. The van der Waals surface area contributed by atoms with Gasteiger partial charge in [0.05, 0.1) is 17.0 Å². The molecule has 6 nitrogen and oxygen atoms in total. The smallest absolute Gasteiger partial charge is 0.242 e. The minimum atomic E-state index is -4.03. The average molecular weight is 491 g/mol. The van der Waals surface area contributed by atoms with Gasteiger partial charge >= 0.3 is 0 Å². The summed E-state index contributed by atoms with van der Waals surface area (Å²) in [6.07, 6.45) is 2.12. The summed E-state index contributed by atoms with van der Waals surface area (Å²) in [5.74, 6) is -0.104. The summed E-state index contributed by atoms with van der Waals surface area (Å²) >= 11 is 7.65. The first kappa shape index (κ1) is 24.1. The molecule has 0 aliphatic carbocycles. The van der Waals surface area contributed by atoms with Gasteiger partial charge in [-0.15, -0.1) is 11.8 Å². The van der Waals surface area contributed by atoms with Crippen LogP contribution in [0.3, 0.4) is 0 Å². The lowest BCUT2D eigenvalue weighted by atomic mass is 10.1. The van der Waals surface area contributed by atoms with E-state index in [2.05, 4.69) is 10.0 Å². The van der Waals surface area contributed by atoms with E-state index in [0.29, 0.717) is 11.4 Å². The molecule has 3 rings (SSSR count). The Kier molecular flexibility index (Phi) is 8.20. The monoisotopic (exact) mass is 490 g/mol. The number of sulfonamides is 1. The van der Waals surface area contributed by atoms with Gasteiger partial charge in [0.1, 0.15) is 11.8 Å². The molecule has 0 fully saturated rings. The number of benzene rings is 3. The fourth-order valence-corrected chi connectivity index (χ4v) is 5.04. The van der Waals surface area contributed by atoms with Gasteiger partial charge in [-0.1, -0.05) is 48.0 Å². The molecule has 1 atom stereocenters. The van der Waals surface area contributed by atoms with E-state index in [9.17, 15) is 13.2 Å². The van der Waals surface area contributed by atoms with Crippen LogP contribution in [-0.2, 0) is 21.2 Å². The molecule has 1 amide bonds. The van der Waals surface area contributed by atoms with Crippen LogP contribution in [0.4, 0.5) is 5.69 Å². The predicted molar refractivity (Wildman–Crippen MR) is 129 cm³/mol. The summed E-state index contributed by atoms with van der Waals surface area (Å²) in [7, 11) is -2.59. The van der Waals surface area contributed by atoms with Crippen LogP contribution in [0.15, 0.2) is 82.6 Å². The van der Waals surface area contributed by atoms with Crippen molar-refractivity contribution in [3.05, 3.63) is 83.4 Å². The second-order valence-electron chi connectivity index (χ2n) is 6.88. The molecule has 0 aliphatic rings. The number of anilines is 1. The third-order valence-corrected chi connectivity index (χ3v) is 7.16. The van der Waals surface area contributed by atoms with Crippen LogP contribution in [0.25, 0.3) is 0 Å². The van der Waals surface area contributed by atoms with E-state index in [1.54, 1.807) is 17.8 Å². The largest absolute Gasteiger partial charge is 0.495 e. The number of hydrogen-bond donors (Lipinski definition) is 2. The molecule has 168 valence electrons. The van der Waals surface area contributed by atoms with Gasteiger partial charge in [-0.2, -0.15) is 4.72 Å². The molecule has 32 heavy (non-hydrogen) atoms. The number of amides is 1. The third-order valence-electron chi connectivity index (χ3n) is 4.67. The van der Waals surface area contributed by atoms with Gasteiger partial charge in [0, 0.05) is 10.6 Å². The number of nitrogens with one attached hydrogen (secondary N) is 2. The lowest BCUT2D eigenvalue weighted by molar-refractivity contribution is -0.117. The molecule has 0 unspecified atom stereocenters. The summed E-state index contributed by atoms with van der Waals surface area (Å²) < 4.78 is 33.7. The highest BCUT2D eigenvalue weighted by atomic mass is 35.5. The Balaban J connectivity index is 1.88. The SMILES string of the molecule is COc1ccc(S(=O)(=O)N[C@H](Cc2ccccc2)C(=O)Nc2cccc(SC)c2)cc1Cl. The Bertz CT molecular complexity index is 1190. The van der Waals surface area contributed by atoms with E-state index in [1.165, 1.54) is 25.3 Å². The second-order valence-corrected chi connectivity index (χ2v) is 9.88. The Morgan fingerprint density at radius 2 is 1.81 bits per heavy atom. The molecule has 2 N–H and O–H groups in total. The Morgan fingerprint density at radius 3 is 2.47 bits per heavy atom. The third kappa shape index (κ3) is 6.26. The summed E-state index contributed by atoms with van der Waals surface area (Å²) in [6, 6.07) is 19.7. The van der Waals surface area contributed by atoms with Crippen LogP contribution in [0, 0.1) is 0 Å². The van der Waals surface area contributed by atoms with E-state index in [0.717, 1.165) is 10.5 Å². The molecular formula is C23H23ClN2O4S2. The Hall–Kier alpha value is -2.52. The lowest BCUT2D eigenvalue weighted by Gasteiger charge is -2.19. The number of hydrogen-bond acceptors (Lipinski definition) is 5. The minimum Gasteiger partial charge on any atom is -0.495 e. The molecule has 0 radical (unpaired) electrons. The van der Waals surface area contributed by atoms with E-state index in [1.807, 2.05) is 54.8 Å². The number of carbonyl (C=O) groups is 1. The lowest BCUT2D eigenvalue weighted by Crippen LogP contribution is -2.45. The zero-order valence-electron chi connectivity index (χ0n) is 17.5. The van der Waals surface area contributed by atoms with E-state index < -0.39 is 22.0 Å². The molecule has 0 saturated heterocycles. The number of rotatable bonds is 9. The van der Waals surface area contributed by atoms with Crippen molar-refractivity contribution < 1.29 is 17.9 Å². The zero-order chi connectivity index (χ0) is 23.1. The minimum absolute atomic E-state index is 0.0569. The van der Waals surface area contributed by atoms with Crippen LogP contribution in [0.5, 0.6) is 5.75 Å². The number of thioether (sulfide) groups is 1. The molecular weight excluding hydrogens is 468 g/mol. The number of halogens is 1. The highest BCUT2D eigenvalue weighted by Crippen LogP contribution is 2.27. The van der Waals surface area contributed by atoms with E-state index >= 15 is 0 Å². The fourth-order valence-electron chi connectivity index (χ4n) is 3.04. The van der Waals surface area contributed by atoms with Crippen molar-refractivity contribution in [3.63, 3.8) is 0 Å². The Labute approximate surface area is 197 Å². The molecule has 9 heteroatoms. The standard InChI is InChI=1S/C23H23ClN2O4S2/c1-30-22-12-11-19(15-20(22)24)32(28,29)26-21(13-16-7-4-3-5-8-16)23(27)25-17-9-6-10-18(14-17)31-2/h3-12,14-15,21,26H,13H2,1-2H3,(H,25,27)/t21-/m1/s1. The van der Waals surface area contributed by atoms with Gasteiger partial charge in [0.15, 0.2) is 0 Å². The molecule has 0 spiro atoms. The van der Waals surface area contributed by atoms with Gasteiger partial charge in [0.25, 0.3) is 0 Å². The molecule has 0 bridgehead atoms. The maximum Gasteiger partial charge on any atom is 0.242 e. The quantitative estimate of drug-likeness (QED) is 0.428. The maximum absolute atomic E-state index is 13.1. The van der Waals surface area contributed by atoms with Crippen molar-refractivity contribution in [3.8, 4) is 5.75 Å². The summed E-state index contributed by atoms with van der Waals surface area (Å²) in [5, 5.41) is 2.98. The number of carbonyl (C=O) groups excluding carboxylic acids is 1. The van der Waals surface area contributed by atoms with Gasteiger partial charge in [0.2, 0.25) is 15.9 Å². The molecule has 0 aliphatic heterocycles. The van der Waals surface area contributed by atoms with Crippen molar-refractivity contribution in [1.29, 1.82) is 0 Å². The molecule has 3 aromatic carbocycles. The van der Waals surface area contributed by atoms with Gasteiger partial charge in [-0.25, -0.2) is 8.42 Å². The highest BCUT2D eigenvalue weighted by Gasteiger charge is 2.27. The van der Waals surface area contributed by atoms with Crippen LogP contribution in [0.2, 0.25) is 5.02 Å². The van der Waals surface area contributed by atoms with Crippen LogP contribution in [-0.4, -0.2) is 33.7 Å². The first-order chi connectivity index (χ1) is 15.3. The van der Waals surface area contributed by atoms with Crippen molar-refractivity contribution in [2.24, 2.45) is 0 Å².